The Balaban J connectivity index is 2.44. The van der Waals surface area contributed by atoms with Crippen LogP contribution in [-0.2, 0) is 0 Å². The van der Waals surface area contributed by atoms with Gasteiger partial charge in [-0.25, -0.2) is 4.99 Å². The number of hydrogen-bond acceptors (Lipinski definition) is 3. The number of nitrogens with two attached hydrogens (primary N) is 2. The fourth-order valence-corrected chi connectivity index (χ4v) is 1.61. The van der Waals surface area contributed by atoms with Gasteiger partial charge in [0.05, 0.1) is 6.04 Å². The number of aliphatic imine (C=N–C) groups is 1. The van der Waals surface area contributed by atoms with E-state index in [-0.39, 0.29) is 18.0 Å². The van der Waals surface area contributed by atoms with E-state index >= 15 is 0 Å². The third kappa shape index (κ3) is 3.61. The van der Waals surface area contributed by atoms with Crippen LogP contribution in [0.2, 0.25) is 0 Å². The zero-order valence-corrected chi connectivity index (χ0v) is 8.45. The van der Waals surface area contributed by atoms with Crippen molar-refractivity contribution in [2.75, 3.05) is 20.1 Å². The summed E-state index contributed by atoms with van der Waals surface area (Å²) >= 11 is 0. The van der Waals surface area contributed by atoms with E-state index in [2.05, 4.69) is 22.3 Å². The highest BCUT2D eigenvalue weighted by Gasteiger charge is 2.16. The minimum Gasteiger partial charge on any atom is -0.370 e. The summed E-state index contributed by atoms with van der Waals surface area (Å²) in [7, 11) is 2.07. The van der Waals surface area contributed by atoms with Gasteiger partial charge in [-0.3, -0.25) is 10.7 Å². The van der Waals surface area contributed by atoms with Gasteiger partial charge in [0.25, 0.3) is 0 Å². The van der Waals surface area contributed by atoms with Crippen molar-refractivity contribution in [1.82, 2.24) is 10.2 Å². The smallest absolute Gasteiger partial charge is 0.195 e. The topological polar surface area (TPSA) is 104 Å². The molecule has 1 aliphatic heterocycles. The molecular formula is C8H18N6. The average Bonchev–Trinajstić information content (AvgIpc) is 2.01. The Labute approximate surface area is 83.9 Å². The minimum absolute atomic E-state index is 0.171. The summed E-state index contributed by atoms with van der Waals surface area (Å²) in [6, 6.07) is 0.223. The Morgan fingerprint density at radius 3 is 2.86 bits per heavy atom. The lowest BCUT2D eigenvalue weighted by molar-refractivity contribution is 0.252. The molecule has 0 radical (unpaired) electrons. The van der Waals surface area contributed by atoms with Crippen LogP contribution in [0.1, 0.15) is 12.8 Å². The van der Waals surface area contributed by atoms with Gasteiger partial charge < -0.3 is 16.4 Å². The molecular weight excluding hydrogens is 180 g/mol. The fourth-order valence-electron chi connectivity index (χ4n) is 1.61. The number of likely N-dealkylation sites (tertiary alicyclic amines) is 1. The lowest BCUT2D eigenvalue weighted by Crippen LogP contribution is -2.43. The monoisotopic (exact) mass is 198 g/mol. The summed E-state index contributed by atoms with van der Waals surface area (Å²) < 4.78 is 0. The van der Waals surface area contributed by atoms with Crippen molar-refractivity contribution < 1.29 is 0 Å². The molecule has 0 amide bonds. The van der Waals surface area contributed by atoms with Crippen LogP contribution < -0.4 is 16.8 Å². The fraction of sp³-hybridized carbons (Fsp3) is 0.750. The third-order valence-corrected chi connectivity index (χ3v) is 2.18. The van der Waals surface area contributed by atoms with Crippen molar-refractivity contribution >= 4 is 11.9 Å². The predicted octanol–water partition coefficient (Wildman–Crippen LogP) is -1.12. The van der Waals surface area contributed by atoms with E-state index in [1.165, 1.54) is 0 Å². The first-order chi connectivity index (χ1) is 6.58. The maximum atomic E-state index is 6.98. The quantitative estimate of drug-likeness (QED) is 0.316. The molecule has 0 saturated carbocycles. The largest absolute Gasteiger partial charge is 0.370 e. The SMILES string of the molecule is CN1CCCC(N=C(N)NC(=N)N)C1. The first kappa shape index (κ1) is 10.8. The molecule has 6 N–H and O–H groups in total. The molecule has 1 heterocycles. The van der Waals surface area contributed by atoms with Crippen molar-refractivity contribution in [3.05, 3.63) is 0 Å². The second-order valence-electron chi connectivity index (χ2n) is 3.61. The number of piperidine rings is 1. The van der Waals surface area contributed by atoms with Crippen LogP contribution in [0.3, 0.4) is 0 Å². The van der Waals surface area contributed by atoms with E-state index in [9.17, 15) is 0 Å². The van der Waals surface area contributed by atoms with Gasteiger partial charge in [0.15, 0.2) is 11.9 Å². The average molecular weight is 198 g/mol. The highest BCUT2D eigenvalue weighted by molar-refractivity contribution is 5.95. The zero-order chi connectivity index (χ0) is 10.6. The second-order valence-corrected chi connectivity index (χ2v) is 3.61. The molecule has 0 spiro atoms. The van der Waals surface area contributed by atoms with Crippen molar-refractivity contribution in [3.8, 4) is 0 Å². The molecule has 0 aromatic rings. The highest BCUT2D eigenvalue weighted by Crippen LogP contribution is 2.10. The van der Waals surface area contributed by atoms with Crippen LogP contribution in [0.4, 0.5) is 0 Å². The number of nitrogens with one attached hydrogen (secondary N) is 2. The first-order valence-corrected chi connectivity index (χ1v) is 4.71. The molecule has 0 aliphatic carbocycles. The number of nitrogens with zero attached hydrogens (tertiary/aromatic N) is 2. The van der Waals surface area contributed by atoms with Crippen LogP contribution in [0.5, 0.6) is 0 Å². The summed E-state index contributed by atoms with van der Waals surface area (Å²) in [4.78, 5) is 6.47. The van der Waals surface area contributed by atoms with Crippen LogP contribution in [0, 0.1) is 5.41 Å². The van der Waals surface area contributed by atoms with E-state index in [0.717, 1.165) is 25.9 Å². The molecule has 0 bridgehead atoms. The number of likely N-dealkylation sites (N-methyl/N-ethyl adjacent to an activating group) is 1. The van der Waals surface area contributed by atoms with Crippen LogP contribution in [0.15, 0.2) is 4.99 Å². The lowest BCUT2D eigenvalue weighted by Gasteiger charge is -2.27. The zero-order valence-electron chi connectivity index (χ0n) is 8.45. The van der Waals surface area contributed by atoms with E-state index in [1.54, 1.807) is 0 Å². The van der Waals surface area contributed by atoms with Crippen LogP contribution in [-0.4, -0.2) is 43.0 Å². The van der Waals surface area contributed by atoms with E-state index in [1.807, 2.05) is 0 Å². The van der Waals surface area contributed by atoms with Gasteiger partial charge in [-0.15, -0.1) is 0 Å². The van der Waals surface area contributed by atoms with Crippen molar-refractivity contribution in [1.29, 1.82) is 5.41 Å². The minimum atomic E-state index is -0.171. The molecule has 0 aromatic heterocycles. The number of guanidine groups is 2. The Morgan fingerprint density at radius 2 is 2.29 bits per heavy atom. The maximum absolute atomic E-state index is 6.98. The molecule has 6 heteroatoms. The third-order valence-electron chi connectivity index (χ3n) is 2.18. The Morgan fingerprint density at radius 1 is 1.57 bits per heavy atom. The standard InChI is InChI=1S/C8H18N6/c1-14-4-2-3-6(5-14)12-8(11)13-7(9)10/h6H,2-5H2,1H3,(H6,9,10,11,12,13). The molecule has 0 aromatic carbocycles. The molecule has 1 fully saturated rings. The highest BCUT2D eigenvalue weighted by atomic mass is 15.2. The normalized spacial score (nSPS) is 24.6. The molecule has 1 aliphatic rings. The van der Waals surface area contributed by atoms with Crippen molar-refractivity contribution in [2.24, 2.45) is 16.5 Å². The van der Waals surface area contributed by atoms with E-state index < -0.39 is 0 Å². The van der Waals surface area contributed by atoms with Crippen LogP contribution in [0.25, 0.3) is 0 Å². The number of hydrogen-bond donors (Lipinski definition) is 4. The summed E-state index contributed by atoms with van der Waals surface area (Å²) in [6.45, 7) is 2.03. The van der Waals surface area contributed by atoms with Gasteiger partial charge in [-0.1, -0.05) is 0 Å². The van der Waals surface area contributed by atoms with Gasteiger partial charge in [0, 0.05) is 6.54 Å². The first-order valence-electron chi connectivity index (χ1n) is 4.71. The van der Waals surface area contributed by atoms with E-state index in [4.69, 9.17) is 16.9 Å². The molecule has 1 saturated heterocycles. The molecule has 1 atom stereocenters. The molecule has 14 heavy (non-hydrogen) atoms. The van der Waals surface area contributed by atoms with Crippen molar-refractivity contribution in [3.63, 3.8) is 0 Å². The summed E-state index contributed by atoms with van der Waals surface area (Å²) in [5.74, 6) is 0.0632. The van der Waals surface area contributed by atoms with Gasteiger partial charge in [0.2, 0.25) is 0 Å². The van der Waals surface area contributed by atoms with Crippen molar-refractivity contribution in [2.45, 2.75) is 18.9 Å². The molecule has 1 unspecified atom stereocenters. The molecule has 80 valence electrons. The van der Waals surface area contributed by atoms with Gasteiger partial charge >= 0.3 is 0 Å². The summed E-state index contributed by atoms with van der Waals surface area (Å²) in [5, 5.41) is 9.45. The number of rotatable bonds is 1. The molecule has 6 nitrogen and oxygen atoms in total. The lowest BCUT2D eigenvalue weighted by atomic mass is 10.1. The Hall–Kier alpha value is -1.30. The van der Waals surface area contributed by atoms with Gasteiger partial charge in [-0.2, -0.15) is 0 Å². The summed E-state index contributed by atoms with van der Waals surface area (Å²) in [6.07, 6.45) is 2.18. The van der Waals surface area contributed by atoms with E-state index in [0.29, 0.717) is 0 Å². The molecule has 1 rings (SSSR count). The maximum Gasteiger partial charge on any atom is 0.195 e. The van der Waals surface area contributed by atoms with Crippen LogP contribution >= 0.6 is 0 Å². The Bertz CT molecular complexity index is 236. The second kappa shape index (κ2) is 4.80. The Kier molecular flexibility index (Phi) is 3.70. The van der Waals surface area contributed by atoms with Gasteiger partial charge in [-0.05, 0) is 26.4 Å². The summed E-state index contributed by atoms with van der Waals surface area (Å²) in [5.41, 5.74) is 10.7. The van der Waals surface area contributed by atoms with Gasteiger partial charge in [0.1, 0.15) is 0 Å². The predicted molar refractivity (Wildman–Crippen MR) is 57.2 cm³/mol.